The van der Waals surface area contributed by atoms with Crippen LogP contribution in [0.1, 0.15) is 32.8 Å². The summed E-state index contributed by atoms with van der Waals surface area (Å²) in [5, 5.41) is 0. The first-order chi connectivity index (χ1) is 9.22. The summed E-state index contributed by atoms with van der Waals surface area (Å²) in [6.07, 6.45) is 5.86. The maximum Gasteiger partial charge on any atom is 0.132 e. The Hall–Kier alpha value is -0.450. The molecule has 0 aromatic heterocycles. The highest BCUT2D eigenvalue weighted by Gasteiger charge is 2.31. The van der Waals surface area contributed by atoms with Gasteiger partial charge in [-0.3, -0.25) is 4.72 Å². The van der Waals surface area contributed by atoms with Crippen LogP contribution in [0.2, 0.25) is 0 Å². The summed E-state index contributed by atoms with van der Waals surface area (Å²) < 4.78 is 4.76. The van der Waals surface area contributed by atoms with E-state index in [-0.39, 0.29) is 0 Å². The monoisotopic (exact) mass is 310 g/mol. The lowest BCUT2D eigenvalue weighted by Crippen LogP contribution is -2.17. The number of aliphatic imine (C=N–C) groups is 1. The molecule has 1 aromatic rings. The van der Waals surface area contributed by atoms with E-state index in [1.54, 1.807) is 11.9 Å². The fourth-order valence-corrected chi connectivity index (χ4v) is 5.51. The molecular weight excluding hydrogens is 284 g/mol. The summed E-state index contributed by atoms with van der Waals surface area (Å²) in [7, 11) is -0.934. The average Bonchev–Trinajstić information content (AvgIpc) is 2.58. The SMILES string of the molecule is Cc1cccc2c1N=C(SNCCC(C)(C)C)S2(C)C. The molecule has 1 aromatic carbocycles. The van der Waals surface area contributed by atoms with Gasteiger partial charge in [-0.15, -0.1) is 0 Å². The molecule has 1 aliphatic heterocycles. The number of hydrogen-bond acceptors (Lipinski definition) is 3. The fourth-order valence-electron chi connectivity index (χ4n) is 2.15. The van der Waals surface area contributed by atoms with E-state index in [4.69, 9.17) is 4.99 Å². The predicted molar refractivity (Wildman–Crippen MR) is 95.6 cm³/mol. The van der Waals surface area contributed by atoms with Gasteiger partial charge in [0.2, 0.25) is 0 Å². The number of fused-ring (bicyclic) bond motifs is 1. The van der Waals surface area contributed by atoms with Gasteiger partial charge in [0.15, 0.2) is 0 Å². The van der Waals surface area contributed by atoms with Crippen LogP contribution in [0.5, 0.6) is 0 Å². The van der Waals surface area contributed by atoms with E-state index in [2.05, 4.69) is 63.1 Å². The smallest absolute Gasteiger partial charge is 0.132 e. The highest BCUT2D eigenvalue weighted by atomic mass is 32.3. The lowest BCUT2D eigenvalue weighted by molar-refractivity contribution is 0.380. The molecule has 0 fully saturated rings. The van der Waals surface area contributed by atoms with E-state index in [9.17, 15) is 0 Å². The van der Waals surface area contributed by atoms with Gasteiger partial charge in [0.05, 0.1) is 5.69 Å². The highest BCUT2D eigenvalue weighted by molar-refractivity contribution is 8.57. The molecule has 0 aliphatic carbocycles. The van der Waals surface area contributed by atoms with Crippen molar-refractivity contribution >= 4 is 32.0 Å². The standard InChI is InChI=1S/C16H26N2S2/c1-12-8-7-9-13-14(12)18-15(20(13,5)6)19-17-11-10-16(2,3)4/h7-9,17H,10-11H2,1-6H3. The van der Waals surface area contributed by atoms with E-state index in [1.807, 2.05) is 0 Å². The quantitative estimate of drug-likeness (QED) is 0.477. The van der Waals surface area contributed by atoms with Gasteiger partial charge >= 0.3 is 0 Å². The number of benzene rings is 1. The molecule has 20 heavy (non-hydrogen) atoms. The summed E-state index contributed by atoms with van der Waals surface area (Å²) in [5.74, 6) is 0. The largest absolute Gasteiger partial charge is 0.258 e. The zero-order chi connectivity index (χ0) is 15.0. The van der Waals surface area contributed by atoms with Crippen LogP contribution in [0.15, 0.2) is 28.1 Å². The summed E-state index contributed by atoms with van der Waals surface area (Å²) in [4.78, 5) is 6.32. The normalized spacial score (nSPS) is 18.6. The van der Waals surface area contributed by atoms with Crippen molar-refractivity contribution in [3.05, 3.63) is 23.8 Å². The second kappa shape index (κ2) is 5.74. The molecule has 2 rings (SSSR count). The van der Waals surface area contributed by atoms with E-state index in [0.29, 0.717) is 5.41 Å². The summed E-state index contributed by atoms with van der Waals surface area (Å²) >= 11 is 1.73. The third-order valence-electron chi connectivity index (χ3n) is 3.53. The van der Waals surface area contributed by atoms with Gasteiger partial charge in [-0.2, -0.15) is 10.0 Å². The Morgan fingerprint density at radius 1 is 1.25 bits per heavy atom. The Morgan fingerprint density at radius 3 is 2.55 bits per heavy atom. The van der Waals surface area contributed by atoms with Crippen LogP contribution < -0.4 is 4.72 Å². The second-order valence-electron chi connectivity index (χ2n) is 6.93. The molecule has 1 N–H and O–H groups in total. The van der Waals surface area contributed by atoms with Crippen molar-refractivity contribution in [2.75, 3.05) is 19.1 Å². The predicted octanol–water partition coefficient (Wildman–Crippen LogP) is 5.09. The Kier molecular flexibility index (Phi) is 4.57. The minimum atomic E-state index is -0.934. The Labute approximate surface area is 129 Å². The molecule has 0 spiro atoms. The fraction of sp³-hybridized carbons (Fsp3) is 0.562. The Balaban J connectivity index is 2.04. The molecule has 0 unspecified atom stereocenters. The van der Waals surface area contributed by atoms with Crippen molar-refractivity contribution in [2.24, 2.45) is 10.4 Å². The van der Waals surface area contributed by atoms with E-state index >= 15 is 0 Å². The van der Waals surface area contributed by atoms with Crippen LogP contribution in [0, 0.1) is 12.3 Å². The van der Waals surface area contributed by atoms with Crippen LogP contribution in [-0.4, -0.2) is 23.4 Å². The van der Waals surface area contributed by atoms with Crippen LogP contribution in [0.3, 0.4) is 0 Å². The number of para-hydroxylation sites is 1. The van der Waals surface area contributed by atoms with Crippen molar-refractivity contribution in [1.29, 1.82) is 0 Å². The molecule has 0 saturated carbocycles. The summed E-state index contributed by atoms with van der Waals surface area (Å²) in [6, 6.07) is 6.54. The average molecular weight is 311 g/mol. The van der Waals surface area contributed by atoms with E-state index in [0.717, 1.165) is 6.54 Å². The van der Waals surface area contributed by atoms with Gasteiger partial charge in [-0.1, -0.05) is 32.9 Å². The van der Waals surface area contributed by atoms with Crippen LogP contribution in [0.25, 0.3) is 0 Å². The van der Waals surface area contributed by atoms with Crippen molar-refractivity contribution in [3.63, 3.8) is 0 Å². The maximum atomic E-state index is 4.89. The van der Waals surface area contributed by atoms with Crippen molar-refractivity contribution in [2.45, 2.75) is 39.0 Å². The first-order valence-corrected chi connectivity index (χ1v) is 10.3. The molecule has 112 valence electrons. The van der Waals surface area contributed by atoms with E-state index < -0.39 is 10.0 Å². The number of hydrogen-bond donors (Lipinski definition) is 1. The van der Waals surface area contributed by atoms with E-state index in [1.165, 1.54) is 26.9 Å². The molecule has 0 atom stereocenters. The number of nitrogens with one attached hydrogen (secondary N) is 1. The number of rotatable bonds is 3. The zero-order valence-electron chi connectivity index (χ0n) is 13.4. The number of nitrogens with zero attached hydrogens (tertiary/aromatic N) is 1. The Morgan fingerprint density at radius 2 is 1.95 bits per heavy atom. The minimum Gasteiger partial charge on any atom is -0.258 e. The maximum absolute atomic E-state index is 4.89. The first-order valence-electron chi connectivity index (χ1n) is 7.03. The van der Waals surface area contributed by atoms with Crippen molar-refractivity contribution in [3.8, 4) is 0 Å². The van der Waals surface area contributed by atoms with Gasteiger partial charge in [0, 0.05) is 11.4 Å². The molecule has 1 aliphatic rings. The molecule has 0 saturated heterocycles. The van der Waals surface area contributed by atoms with Crippen molar-refractivity contribution in [1.82, 2.24) is 4.72 Å². The zero-order valence-corrected chi connectivity index (χ0v) is 15.0. The van der Waals surface area contributed by atoms with Gasteiger partial charge in [0.1, 0.15) is 4.38 Å². The van der Waals surface area contributed by atoms with Crippen LogP contribution in [-0.2, 0) is 0 Å². The third kappa shape index (κ3) is 3.41. The molecule has 1 heterocycles. The summed E-state index contributed by atoms with van der Waals surface area (Å²) in [6.45, 7) is 10.0. The van der Waals surface area contributed by atoms with Gasteiger partial charge in [0.25, 0.3) is 0 Å². The molecule has 0 bridgehead atoms. The number of aryl methyl sites for hydroxylation is 1. The highest BCUT2D eigenvalue weighted by Crippen LogP contribution is 2.62. The van der Waals surface area contributed by atoms with Gasteiger partial charge < -0.3 is 0 Å². The molecular formula is C16H26N2S2. The molecule has 0 radical (unpaired) electrons. The van der Waals surface area contributed by atoms with Crippen LogP contribution >= 0.6 is 22.0 Å². The first kappa shape index (κ1) is 15.9. The van der Waals surface area contributed by atoms with Gasteiger partial charge in [-0.25, -0.2) is 4.99 Å². The van der Waals surface area contributed by atoms with Crippen molar-refractivity contribution < 1.29 is 0 Å². The second-order valence-corrected chi connectivity index (χ2v) is 11.6. The summed E-state index contributed by atoms with van der Waals surface area (Å²) in [5.41, 5.74) is 2.87. The Bertz CT molecular complexity index is 528. The molecule has 0 amide bonds. The molecule has 4 heteroatoms. The lowest BCUT2D eigenvalue weighted by atomic mass is 9.93. The topological polar surface area (TPSA) is 24.4 Å². The lowest BCUT2D eigenvalue weighted by Gasteiger charge is -2.28. The third-order valence-corrected chi connectivity index (χ3v) is 8.03. The molecule has 2 nitrogen and oxygen atoms in total. The van der Waals surface area contributed by atoms with Gasteiger partial charge in [-0.05, 0) is 54.8 Å². The minimum absolute atomic E-state index is 0.382. The van der Waals surface area contributed by atoms with Crippen LogP contribution in [0.4, 0.5) is 5.69 Å².